The summed E-state index contributed by atoms with van der Waals surface area (Å²) in [5.41, 5.74) is 0. The Kier molecular flexibility index (Phi) is 4.83. The van der Waals surface area contributed by atoms with Gasteiger partial charge in [0.2, 0.25) is 5.91 Å². The lowest BCUT2D eigenvalue weighted by atomic mass is 10.0. The van der Waals surface area contributed by atoms with Crippen molar-refractivity contribution in [3.8, 4) is 0 Å². The molecule has 2 rings (SSSR count). The van der Waals surface area contributed by atoms with Crippen molar-refractivity contribution in [2.45, 2.75) is 37.8 Å². The minimum Gasteiger partial charge on any atom is -0.391 e. The van der Waals surface area contributed by atoms with Gasteiger partial charge in [-0.15, -0.1) is 12.4 Å². The summed E-state index contributed by atoms with van der Waals surface area (Å²) in [6.45, 7) is 2.20. The van der Waals surface area contributed by atoms with Crippen LogP contribution in [0.25, 0.3) is 0 Å². The summed E-state index contributed by atoms with van der Waals surface area (Å²) < 4.78 is 0. The third-order valence-electron chi connectivity index (χ3n) is 3.08. The number of carbonyl (C=O) groups is 1. The van der Waals surface area contributed by atoms with Gasteiger partial charge in [0.15, 0.2) is 0 Å². The molecule has 0 aromatic heterocycles. The van der Waals surface area contributed by atoms with Crippen LogP contribution in [-0.2, 0) is 4.79 Å². The topological polar surface area (TPSA) is 52.6 Å². The molecular weight excluding hydrogens is 216 g/mol. The molecule has 0 aromatic rings. The van der Waals surface area contributed by atoms with Crippen molar-refractivity contribution in [2.75, 3.05) is 19.6 Å². The zero-order chi connectivity index (χ0) is 9.97. The van der Waals surface area contributed by atoms with Crippen LogP contribution in [-0.4, -0.2) is 47.7 Å². The fourth-order valence-corrected chi connectivity index (χ4v) is 2.22. The van der Waals surface area contributed by atoms with Gasteiger partial charge in [-0.1, -0.05) is 6.42 Å². The molecule has 0 saturated carbocycles. The first kappa shape index (κ1) is 12.7. The number of aliphatic hydroxyl groups excluding tert-OH is 1. The van der Waals surface area contributed by atoms with Crippen LogP contribution in [0.2, 0.25) is 0 Å². The minimum atomic E-state index is -0.303. The van der Waals surface area contributed by atoms with E-state index < -0.39 is 0 Å². The van der Waals surface area contributed by atoms with Crippen molar-refractivity contribution in [1.29, 1.82) is 0 Å². The van der Waals surface area contributed by atoms with Crippen LogP contribution in [0.15, 0.2) is 0 Å². The summed E-state index contributed by atoms with van der Waals surface area (Å²) in [5, 5.41) is 12.6. The minimum absolute atomic E-state index is 0. The van der Waals surface area contributed by atoms with Crippen molar-refractivity contribution < 1.29 is 9.90 Å². The fourth-order valence-electron chi connectivity index (χ4n) is 2.22. The second-order valence-corrected chi connectivity index (χ2v) is 4.23. The monoisotopic (exact) mass is 234 g/mol. The number of rotatable bonds is 1. The lowest BCUT2D eigenvalue weighted by molar-refractivity contribution is -0.133. The first-order chi connectivity index (χ1) is 6.77. The van der Waals surface area contributed by atoms with E-state index in [0.717, 1.165) is 32.4 Å². The van der Waals surface area contributed by atoms with Gasteiger partial charge in [0, 0.05) is 13.1 Å². The maximum atomic E-state index is 11.9. The molecular formula is C10H19ClN2O2. The van der Waals surface area contributed by atoms with Crippen LogP contribution in [0, 0.1) is 0 Å². The molecule has 0 aliphatic carbocycles. The molecule has 0 spiro atoms. The third kappa shape index (κ3) is 3.06. The smallest absolute Gasteiger partial charge is 0.239 e. The van der Waals surface area contributed by atoms with Gasteiger partial charge in [-0.25, -0.2) is 0 Å². The Morgan fingerprint density at radius 3 is 2.67 bits per heavy atom. The summed E-state index contributed by atoms with van der Waals surface area (Å²) in [4.78, 5) is 13.7. The van der Waals surface area contributed by atoms with Gasteiger partial charge in [0.25, 0.3) is 0 Å². The molecule has 0 bridgehead atoms. The van der Waals surface area contributed by atoms with Crippen LogP contribution < -0.4 is 5.32 Å². The molecule has 2 unspecified atom stereocenters. The number of halogens is 1. The molecule has 0 radical (unpaired) electrons. The van der Waals surface area contributed by atoms with Crippen LogP contribution in [0.5, 0.6) is 0 Å². The van der Waals surface area contributed by atoms with Crippen molar-refractivity contribution in [3.63, 3.8) is 0 Å². The highest BCUT2D eigenvalue weighted by Gasteiger charge is 2.30. The molecule has 2 heterocycles. The average molecular weight is 235 g/mol. The van der Waals surface area contributed by atoms with E-state index in [-0.39, 0.29) is 30.5 Å². The third-order valence-corrected chi connectivity index (χ3v) is 3.08. The van der Waals surface area contributed by atoms with E-state index in [1.807, 2.05) is 0 Å². The molecule has 5 heteroatoms. The number of nitrogens with zero attached hydrogens (tertiary/aromatic N) is 1. The van der Waals surface area contributed by atoms with Gasteiger partial charge in [0.05, 0.1) is 12.1 Å². The molecule has 2 N–H and O–H groups in total. The Balaban J connectivity index is 0.00000112. The zero-order valence-corrected chi connectivity index (χ0v) is 9.63. The van der Waals surface area contributed by atoms with Crippen LogP contribution in [0.1, 0.15) is 25.7 Å². The maximum Gasteiger partial charge on any atom is 0.239 e. The molecule has 88 valence electrons. The quantitative estimate of drug-likeness (QED) is 0.679. The Hall–Kier alpha value is -0.320. The molecule has 2 aliphatic rings. The normalized spacial score (nSPS) is 31.1. The second-order valence-electron chi connectivity index (χ2n) is 4.23. The highest BCUT2D eigenvalue weighted by molar-refractivity contribution is 5.85. The highest BCUT2D eigenvalue weighted by Crippen LogP contribution is 2.14. The summed E-state index contributed by atoms with van der Waals surface area (Å²) in [5.74, 6) is 0.182. The number of nitrogens with one attached hydrogen (secondary N) is 1. The number of β-amino-alcohol motifs (C(OH)–C–C–N with tert-alkyl or cyclic N) is 1. The standard InChI is InChI=1S/C10H18N2O2.ClH/c13-8-4-6-12(7-8)10(14)9-3-1-2-5-11-9;/h8-9,11,13H,1-7H2;1H. The van der Waals surface area contributed by atoms with E-state index in [1.165, 1.54) is 6.42 Å². The van der Waals surface area contributed by atoms with Gasteiger partial charge in [-0.2, -0.15) is 0 Å². The molecule has 2 aliphatic heterocycles. The van der Waals surface area contributed by atoms with E-state index >= 15 is 0 Å². The number of hydrogen-bond acceptors (Lipinski definition) is 3. The predicted molar refractivity (Wildman–Crippen MR) is 60.1 cm³/mol. The largest absolute Gasteiger partial charge is 0.391 e. The molecule has 2 fully saturated rings. The average Bonchev–Trinajstić information content (AvgIpc) is 2.65. The molecule has 15 heavy (non-hydrogen) atoms. The first-order valence-corrected chi connectivity index (χ1v) is 5.47. The van der Waals surface area contributed by atoms with Crippen LogP contribution in [0.3, 0.4) is 0 Å². The van der Waals surface area contributed by atoms with Crippen molar-refractivity contribution in [3.05, 3.63) is 0 Å². The molecule has 1 amide bonds. The zero-order valence-electron chi connectivity index (χ0n) is 8.82. The first-order valence-electron chi connectivity index (χ1n) is 5.47. The van der Waals surface area contributed by atoms with E-state index in [1.54, 1.807) is 4.90 Å². The van der Waals surface area contributed by atoms with Crippen molar-refractivity contribution >= 4 is 18.3 Å². The van der Waals surface area contributed by atoms with Crippen LogP contribution in [0.4, 0.5) is 0 Å². The number of piperidine rings is 1. The molecule has 4 nitrogen and oxygen atoms in total. The summed E-state index contributed by atoms with van der Waals surface area (Å²) in [6, 6.07) is 0.00838. The van der Waals surface area contributed by atoms with Gasteiger partial charge < -0.3 is 15.3 Å². The SMILES string of the molecule is Cl.O=C(C1CCCCN1)N1CCC(O)C1. The van der Waals surface area contributed by atoms with E-state index in [4.69, 9.17) is 0 Å². The Bertz CT molecular complexity index is 213. The number of carbonyl (C=O) groups excluding carboxylic acids is 1. The summed E-state index contributed by atoms with van der Waals surface area (Å²) >= 11 is 0. The van der Waals surface area contributed by atoms with Gasteiger partial charge in [0.1, 0.15) is 0 Å². The Labute approximate surface area is 96.4 Å². The summed E-state index contributed by atoms with van der Waals surface area (Å²) in [7, 11) is 0. The van der Waals surface area contributed by atoms with Crippen molar-refractivity contribution in [2.24, 2.45) is 0 Å². The van der Waals surface area contributed by atoms with E-state index in [9.17, 15) is 9.90 Å². The molecule has 2 saturated heterocycles. The molecule has 0 aromatic carbocycles. The fraction of sp³-hybridized carbons (Fsp3) is 0.900. The molecule has 2 atom stereocenters. The van der Waals surface area contributed by atoms with Gasteiger partial charge >= 0.3 is 0 Å². The predicted octanol–water partition coefficient (Wildman–Crippen LogP) is 0.144. The Morgan fingerprint density at radius 1 is 1.33 bits per heavy atom. The number of likely N-dealkylation sites (tertiary alicyclic amines) is 1. The highest BCUT2D eigenvalue weighted by atomic mass is 35.5. The van der Waals surface area contributed by atoms with Crippen LogP contribution >= 0.6 is 12.4 Å². The summed E-state index contributed by atoms with van der Waals surface area (Å²) in [6.07, 6.45) is 3.69. The van der Waals surface area contributed by atoms with Gasteiger partial charge in [-0.05, 0) is 25.8 Å². The van der Waals surface area contributed by atoms with E-state index in [0.29, 0.717) is 6.54 Å². The maximum absolute atomic E-state index is 11.9. The lowest BCUT2D eigenvalue weighted by Crippen LogP contribution is -2.48. The van der Waals surface area contributed by atoms with Crippen molar-refractivity contribution in [1.82, 2.24) is 10.2 Å². The van der Waals surface area contributed by atoms with E-state index in [2.05, 4.69) is 5.32 Å². The number of hydrogen-bond donors (Lipinski definition) is 2. The Morgan fingerprint density at radius 2 is 2.13 bits per heavy atom. The number of aliphatic hydroxyl groups is 1. The second kappa shape index (κ2) is 5.68. The lowest BCUT2D eigenvalue weighted by Gasteiger charge is -2.27. The van der Waals surface area contributed by atoms with Gasteiger partial charge in [-0.3, -0.25) is 4.79 Å². The number of amides is 1.